The Balaban J connectivity index is 1.32. The average molecular weight is 425 g/mol. The maximum atomic E-state index is 12.5. The van der Waals surface area contributed by atoms with Crippen LogP contribution >= 0.6 is 11.3 Å². The van der Waals surface area contributed by atoms with Gasteiger partial charge in [0.2, 0.25) is 5.91 Å². The fourth-order valence-electron chi connectivity index (χ4n) is 6.99. The summed E-state index contributed by atoms with van der Waals surface area (Å²) in [4.78, 5) is 17.9. The molecule has 0 spiro atoms. The van der Waals surface area contributed by atoms with Gasteiger partial charge in [-0.15, -0.1) is 11.3 Å². The van der Waals surface area contributed by atoms with E-state index in [2.05, 4.69) is 41.5 Å². The van der Waals surface area contributed by atoms with Crippen molar-refractivity contribution in [3.63, 3.8) is 0 Å². The molecule has 0 bridgehead atoms. The first kappa shape index (κ1) is 20.2. The molecule has 0 aliphatic heterocycles. The van der Waals surface area contributed by atoms with E-state index in [9.17, 15) is 9.90 Å². The molecule has 0 saturated heterocycles. The summed E-state index contributed by atoms with van der Waals surface area (Å²) in [7, 11) is 0. The summed E-state index contributed by atoms with van der Waals surface area (Å²) in [6.45, 7) is 4.31. The Hall–Kier alpha value is -1.72. The molecule has 2 aromatic rings. The van der Waals surface area contributed by atoms with Crippen molar-refractivity contribution in [1.82, 2.24) is 4.98 Å². The quantitative estimate of drug-likeness (QED) is 0.699. The molecule has 3 aliphatic rings. The standard InChI is InChI=1S/C25H32N2O2S/c1-15-14-26-24(30-15)27-22(29)10-8-17-13-21(28)25(2)12-11-19-18-6-4-3-5-16(18)7-9-20(19)23(17)25/h3-6,14,17,19-21,23,28H,7-13H2,1-2H3,(H,26,27,29). The van der Waals surface area contributed by atoms with Crippen LogP contribution < -0.4 is 5.32 Å². The zero-order chi connectivity index (χ0) is 20.9. The molecule has 5 heteroatoms. The van der Waals surface area contributed by atoms with Gasteiger partial charge in [-0.05, 0) is 85.7 Å². The molecule has 4 nitrogen and oxygen atoms in total. The van der Waals surface area contributed by atoms with Crippen LogP contribution in [0.15, 0.2) is 30.5 Å². The molecule has 1 aromatic carbocycles. The lowest BCUT2D eigenvalue weighted by atomic mass is 9.54. The molecule has 5 rings (SSSR count). The minimum absolute atomic E-state index is 0.00100. The highest BCUT2D eigenvalue weighted by molar-refractivity contribution is 7.15. The molecule has 6 atom stereocenters. The van der Waals surface area contributed by atoms with E-state index in [-0.39, 0.29) is 17.4 Å². The molecule has 1 heterocycles. The molecule has 0 radical (unpaired) electrons. The van der Waals surface area contributed by atoms with Crippen LogP contribution in [0.2, 0.25) is 0 Å². The van der Waals surface area contributed by atoms with Crippen molar-refractivity contribution in [3.8, 4) is 0 Å². The first-order chi connectivity index (χ1) is 14.5. The minimum Gasteiger partial charge on any atom is -0.393 e. The van der Waals surface area contributed by atoms with Gasteiger partial charge in [0.05, 0.1) is 6.10 Å². The number of thiazole rings is 1. The molecule has 3 aliphatic carbocycles. The molecule has 1 aromatic heterocycles. The van der Waals surface area contributed by atoms with Crippen LogP contribution in [0.4, 0.5) is 5.13 Å². The Bertz CT molecular complexity index is 941. The number of carbonyl (C=O) groups excluding carboxylic acids is 1. The van der Waals surface area contributed by atoms with Crippen LogP contribution in [0.5, 0.6) is 0 Å². The van der Waals surface area contributed by atoms with Crippen LogP contribution in [0.25, 0.3) is 0 Å². The monoisotopic (exact) mass is 424 g/mol. The Morgan fingerprint density at radius 3 is 2.97 bits per heavy atom. The number of amides is 1. The van der Waals surface area contributed by atoms with Gasteiger partial charge < -0.3 is 10.4 Å². The molecule has 2 fully saturated rings. The highest BCUT2D eigenvalue weighted by Gasteiger charge is 2.58. The van der Waals surface area contributed by atoms with Crippen LogP contribution in [0, 0.1) is 30.1 Å². The normalized spacial score (nSPS) is 34.7. The second-order valence-electron chi connectivity index (χ2n) is 9.95. The van der Waals surface area contributed by atoms with Gasteiger partial charge in [-0.3, -0.25) is 4.79 Å². The second-order valence-corrected chi connectivity index (χ2v) is 11.2. The number of hydrogen-bond donors (Lipinski definition) is 2. The van der Waals surface area contributed by atoms with E-state index in [0.717, 1.165) is 30.6 Å². The minimum atomic E-state index is -0.240. The predicted molar refractivity (Wildman–Crippen MR) is 121 cm³/mol. The van der Waals surface area contributed by atoms with Crippen molar-refractivity contribution < 1.29 is 9.90 Å². The van der Waals surface area contributed by atoms with Gasteiger partial charge in [0, 0.05) is 17.5 Å². The highest BCUT2D eigenvalue weighted by atomic mass is 32.1. The van der Waals surface area contributed by atoms with E-state index in [0.29, 0.717) is 35.2 Å². The van der Waals surface area contributed by atoms with Gasteiger partial charge in [0.15, 0.2) is 5.13 Å². The number of rotatable bonds is 4. The number of aromatic nitrogens is 1. The van der Waals surface area contributed by atoms with Crippen LogP contribution in [0.3, 0.4) is 0 Å². The molecule has 2 saturated carbocycles. The summed E-state index contributed by atoms with van der Waals surface area (Å²) in [5.41, 5.74) is 3.07. The van der Waals surface area contributed by atoms with E-state index >= 15 is 0 Å². The smallest absolute Gasteiger partial charge is 0.226 e. The van der Waals surface area contributed by atoms with Gasteiger partial charge in [-0.1, -0.05) is 31.2 Å². The third kappa shape index (κ3) is 3.40. The number of nitrogens with one attached hydrogen (secondary N) is 1. The Morgan fingerprint density at radius 1 is 1.33 bits per heavy atom. The van der Waals surface area contributed by atoms with Crippen molar-refractivity contribution in [3.05, 3.63) is 46.5 Å². The lowest BCUT2D eigenvalue weighted by Crippen LogP contribution is -2.45. The third-order valence-corrected chi connectivity index (χ3v) is 9.17. The second kappa shape index (κ2) is 7.76. The predicted octanol–water partition coefficient (Wildman–Crippen LogP) is 5.31. The summed E-state index contributed by atoms with van der Waals surface area (Å²) in [5.74, 6) is 2.23. The number of aliphatic hydroxyl groups excluding tert-OH is 1. The number of benzene rings is 1. The molecule has 2 N–H and O–H groups in total. The van der Waals surface area contributed by atoms with Gasteiger partial charge in [0.1, 0.15) is 0 Å². The van der Waals surface area contributed by atoms with Gasteiger partial charge in [0.25, 0.3) is 0 Å². The van der Waals surface area contributed by atoms with E-state index in [1.165, 1.54) is 29.7 Å². The summed E-state index contributed by atoms with van der Waals surface area (Å²) >= 11 is 1.52. The maximum Gasteiger partial charge on any atom is 0.226 e. The summed E-state index contributed by atoms with van der Waals surface area (Å²) in [5, 5.41) is 14.7. The Morgan fingerprint density at radius 2 is 2.17 bits per heavy atom. The Labute approximate surface area is 183 Å². The zero-order valence-corrected chi connectivity index (χ0v) is 18.8. The SMILES string of the molecule is Cc1cnc(NC(=O)CCC2CC(O)C3(C)CCC4c5ccccc5CCC4C23)s1. The molecule has 6 unspecified atom stereocenters. The maximum absolute atomic E-state index is 12.5. The van der Waals surface area contributed by atoms with E-state index in [4.69, 9.17) is 0 Å². The number of aliphatic hydroxyl groups is 1. The van der Waals surface area contributed by atoms with E-state index in [1.807, 2.05) is 6.92 Å². The lowest BCUT2D eigenvalue weighted by Gasteiger charge is -2.51. The number of anilines is 1. The number of aryl methyl sites for hydroxylation is 2. The average Bonchev–Trinajstić information content (AvgIpc) is 3.26. The van der Waals surface area contributed by atoms with Crippen molar-refractivity contribution in [2.24, 2.45) is 23.2 Å². The van der Waals surface area contributed by atoms with Crippen molar-refractivity contribution in [2.75, 3.05) is 5.32 Å². The zero-order valence-electron chi connectivity index (χ0n) is 17.9. The third-order valence-electron chi connectivity index (χ3n) is 8.34. The topological polar surface area (TPSA) is 62.2 Å². The molecule has 1 amide bonds. The molecular weight excluding hydrogens is 392 g/mol. The molecule has 160 valence electrons. The first-order valence-electron chi connectivity index (χ1n) is 11.4. The summed E-state index contributed by atoms with van der Waals surface area (Å²) < 4.78 is 0. The fourth-order valence-corrected chi connectivity index (χ4v) is 7.67. The van der Waals surface area contributed by atoms with Crippen molar-refractivity contribution in [2.45, 2.75) is 70.8 Å². The number of nitrogens with zero attached hydrogens (tertiary/aromatic N) is 1. The van der Waals surface area contributed by atoms with E-state index < -0.39 is 0 Å². The van der Waals surface area contributed by atoms with Crippen molar-refractivity contribution in [1.29, 1.82) is 0 Å². The van der Waals surface area contributed by atoms with Gasteiger partial charge >= 0.3 is 0 Å². The van der Waals surface area contributed by atoms with E-state index in [1.54, 1.807) is 11.8 Å². The number of carbonyl (C=O) groups is 1. The van der Waals surface area contributed by atoms with Crippen LogP contribution in [-0.4, -0.2) is 22.1 Å². The Kier molecular flexibility index (Phi) is 5.22. The van der Waals surface area contributed by atoms with Gasteiger partial charge in [-0.2, -0.15) is 0 Å². The van der Waals surface area contributed by atoms with Crippen molar-refractivity contribution >= 4 is 22.4 Å². The van der Waals surface area contributed by atoms with Gasteiger partial charge in [-0.25, -0.2) is 4.98 Å². The largest absolute Gasteiger partial charge is 0.393 e. The summed E-state index contributed by atoms with van der Waals surface area (Å²) in [6, 6.07) is 8.97. The van der Waals surface area contributed by atoms with Crippen LogP contribution in [-0.2, 0) is 11.2 Å². The fraction of sp³-hybridized carbons (Fsp3) is 0.600. The summed E-state index contributed by atoms with van der Waals surface area (Å²) in [6.07, 6.45) is 8.41. The first-order valence-corrected chi connectivity index (χ1v) is 12.3. The van der Waals surface area contributed by atoms with Crippen LogP contribution in [0.1, 0.15) is 67.4 Å². The lowest BCUT2D eigenvalue weighted by molar-refractivity contribution is -0.116. The molecular formula is C25H32N2O2S. The molecule has 30 heavy (non-hydrogen) atoms. The highest BCUT2D eigenvalue weighted by Crippen LogP contribution is 2.63. The number of hydrogen-bond acceptors (Lipinski definition) is 4. The number of fused-ring (bicyclic) bond motifs is 5.